The van der Waals surface area contributed by atoms with Crippen molar-refractivity contribution < 1.29 is 9.59 Å². The van der Waals surface area contributed by atoms with E-state index in [2.05, 4.69) is 15.5 Å². The van der Waals surface area contributed by atoms with Crippen LogP contribution in [0.1, 0.15) is 26.2 Å². The largest absolute Gasteiger partial charge is 0.397 e. The number of nitrogens with zero attached hydrogens (tertiary/aromatic N) is 1. The van der Waals surface area contributed by atoms with E-state index in [-0.39, 0.29) is 23.8 Å². The third-order valence-corrected chi connectivity index (χ3v) is 4.99. The van der Waals surface area contributed by atoms with Crippen molar-refractivity contribution in [1.82, 2.24) is 10.2 Å². The van der Waals surface area contributed by atoms with E-state index >= 15 is 0 Å². The molecule has 0 saturated carbocycles. The van der Waals surface area contributed by atoms with E-state index in [9.17, 15) is 9.59 Å². The summed E-state index contributed by atoms with van der Waals surface area (Å²) < 4.78 is 0. The molecule has 6 nitrogen and oxygen atoms in total. The molecule has 1 fully saturated rings. The van der Waals surface area contributed by atoms with Crippen LogP contribution in [0.5, 0.6) is 0 Å². The third kappa shape index (κ3) is 4.32. The van der Waals surface area contributed by atoms with Crippen molar-refractivity contribution in [2.45, 2.75) is 32.2 Å². The van der Waals surface area contributed by atoms with Crippen LogP contribution in [0.4, 0.5) is 11.4 Å². The summed E-state index contributed by atoms with van der Waals surface area (Å²) in [5, 5.41) is 5.81. The number of amides is 2. The number of para-hydroxylation sites is 2. The Kier molecular flexibility index (Phi) is 5.73. The molecule has 3 rings (SSSR count). The maximum Gasteiger partial charge on any atom is 0.241 e. The molecule has 0 spiro atoms. The second-order valence-electron chi connectivity index (χ2n) is 6.85. The van der Waals surface area contributed by atoms with E-state index in [1.807, 2.05) is 31.2 Å². The van der Waals surface area contributed by atoms with Gasteiger partial charge in [-0.3, -0.25) is 14.5 Å². The molecule has 1 aromatic rings. The molecule has 2 amide bonds. The minimum absolute atomic E-state index is 0.00256. The number of carbonyl (C=O) groups is 2. The molecule has 0 aromatic heterocycles. The third-order valence-electron chi connectivity index (χ3n) is 4.99. The highest BCUT2D eigenvalue weighted by Crippen LogP contribution is 2.21. The smallest absolute Gasteiger partial charge is 0.241 e. The van der Waals surface area contributed by atoms with Crippen LogP contribution in [0, 0.1) is 5.92 Å². The first-order valence-corrected chi connectivity index (χ1v) is 9.13. The van der Waals surface area contributed by atoms with Gasteiger partial charge in [-0.15, -0.1) is 0 Å². The minimum atomic E-state index is -0.272. The lowest BCUT2D eigenvalue weighted by atomic mass is 9.98. The van der Waals surface area contributed by atoms with Crippen molar-refractivity contribution >= 4 is 23.2 Å². The van der Waals surface area contributed by atoms with Gasteiger partial charge < -0.3 is 16.4 Å². The molecular formula is C20H26N4O2. The Morgan fingerprint density at radius 3 is 2.58 bits per heavy atom. The van der Waals surface area contributed by atoms with E-state index in [4.69, 9.17) is 5.73 Å². The second-order valence-corrected chi connectivity index (χ2v) is 6.85. The zero-order valence-electron chi connectivity index (χ0n) is 15.1. The molecule has 26 heavy (non-hydrogen) atoms. The summed E-state index contributed by atoms with van der Waals surface area (Å²) >= 11 is 0. The average Bonchev–Trinajstić information content (AvgIpc) is 3.18. The topological polar surface area (TPSA) is 87.5 Å². The molecule has 1 aliphatic heterocycles. The minimum Gasteiger partial charge on any atom is -0.397 e. The number of rotatable bonds is 5. The van der Waals surface area contributed by atoms with E-state index in [1.165, 1.54) is 0 Å². The lowest BCUT2D eigenvalue weighted by Gasteiger charge is -2.24. The standard InChI is InChI=1S/C20H26N4O2/c1-14(24-12-4-5-13-24)19(25)22-16-10-8-15(9-11-16)20(26)23-18-7-3-2-6-17(18)21/h2-3,6-8,10-11,14-15H,4-5,9,12-13,21H2,1H3,(H,22,25)(H,23,26). The summed E-state index contributed by atoms with van der Waals surface area (Å²) in [7, 11) is 0. The number of benzene rings is 1. The number of carbonyl (C=O) groups excluding carboxylic acids is 2. The van der Waals surface area contributed by atoms with E-state index in [0.29, 0.717) is 17.8 Å². The molecule has 4 N–H and O–H groups in total. The van der Waals surface area contributed by atoms with Crippen LogP contribution in [0.3, 0.4) is 0 Å². The number of nitrogen functional groups attached to an aromatic ring is 1. The summed E-state index contributed by atoms with van der Waals surface area (Å²) in [5.74, 6) is -0.375. The predicted molar refractivity (Wildman–Crippen MR) is 103 cm³/mol. The Morgan fingerprint density at radius 2 is 1.92 bits per heavy atom. The SMILES string of the molecule is CC(C(=O)NC1=CCC(C(=O)Nc2ccccc2N)C=C1)N1CCCC1. The summed E-state index contributed by atoms with van der Waals surface area (Å²) in [4.78, 5) is 27.0. The number of anilines is 2. The van der Waals surface area contributed by atoms with Crippen LogP contribution in [0.2, 0.25) is 0 Å². The molecule has 1 aromatic carbocycles. The van der Waals surface area contributed by atoms with E-state index in [0.717, 1.165) is 31.6 Å². The van der Waals surface area contributed by atoms with Gasteiger partial charge in [0.15, 0.2) is 0 Å². The molecule has 6 heteroatoms. The Bertz CT molecular complexity index is 735. The number of nitrogens with two attached hydrogens (primary N) is 1. The van der Waals surface area contributed by atoms with Gasteiger partial charge in [-0.05, 0) is 57.5 Å². The molecule has 1 saturated heterocycles. The fourth-order valence-electron chi connectivity index (χ4n) is 3.29. The van der Waals surface area contributed by atoms with Gasteiger partial charge >= 0.3 is 0 Å². The number of hydrogen-bond donors (Lipinski definition) is 3. The highest BCUT2D eigenvalue weighted by molar-refractivity contribution is 5.96. The molecule has 138 valence electrons. The molecule has 2 aliphatic rings. The molecule has 2 unspecified atom stereocenters. The zero-order valence-corrected chi connectivity index (χ0v) is 15.1. The number of nitrogens with one attached hydrogen (secondary N) is 2. The number of likely N-dealkylation sites (tertiary alicyclic amines) is 1. The van der Waals surface area contributed by atoms with Gasteiger partial charge in [0.1, 0.15) is 0 Å². The second kappa shape index (κ2) is 8.19. The fourth-order valence-corrected chi connectivity index (χ4v) is 3.29. The van der Waals surface area contributed by atoms with Crippen LogP contribution in [0.15, 0.2) is 48.2 Å². The highest BCUT2D eigenvalue weighted by atomic mass is 16.2. The van der Waals surface area contributed by atoms with E-state index in [1.54, 1.807) is 18.2 Å². The van der Waals surface area contributed by atoms with Crippen molar-refractivity contribution in [3.05, 3.63) is 48.2 Å². The Morgan fingerprint density at radius 1 is 1.19 bits per heavy atom. The molecule has 0 bridgehead atoms. The van der Waals surface area contributed by atoms with Crippen LogP contribution >= 0.6 is 0 Å². The van der Waals surface area contributed by atoms with Crippen molar-refractivity contribution in [3.63, 3.8) is 0 Å². The van der Waals surface area contributed by atoms with Gasteiger partial charge in [-0.2, -0.15) is 0 Å². The Hall–Kier alpha value is -2.60. The van der Waals surface area contributed by atoms with Crippen LogP contribution in [-0.2, 0) is 9.59 Å². The lowest BCUT2D eigenvalue weighted by molar-refractivity contribution is -0.124. The first-order valence-electron chi connectivity index (χ1n) is 9.13. The molecule has 0 radical (unpaired) electrons. The molecular weight excluding hydrogens is 328 g/mol. The van der Waals surface area contributed by atoms with Crippen LogP contribution in [0.25, 0.3) is 0 Å². The normalized spacial score (nSPS) is 21.1. The molecule has 1 heterocycles. The van der Waals surface area contributed by atoms with Crippen LogP contribution < -0.4 is 16.4 Å². The van der Waals surface area contributed by atoms with Crippen molar-refractivity contribution in [3.8, 4) is 0 Å². The van der Waals surface area contributed by atoms with Gasteiger partial charge in [0.2, 0.25) is 11.8 Å². The summed E-state index contributed by atoms with van der Waals surface area (Å²) in [6, 6.07) is 7.06. The highest BCUT2D eigenvalue weighted by Gasteiger charge is 2.25. The van der Waals surface area contributed by atoms with Crippen molar-refractivity contribution in [2.75, 3.05) is 24.1 Å². The maximum atomic E-state index is 12.4. The average molecular weight is 354 g/mol. The molecule has 1 aliphatic carbocycles. The maximum absolute atomic E-state index is 12.4. The first-order chi connectivity index (χ1) is 12.5. The van der Waals surface area contributed by atoms with Gasteiger partial charge in [-0.25, -0.2) is 0 Å². The lowest BCUT2D eigenvalue weighted by Crippen LogP contribution is -2.43. The van der Waals surface area contributed by atoms with Gasteiger partial charge in [0.25, 0.3) is 0 Å². The van der Waals surface area contributed by atoms with E-state index < -0.39 is 0 Å². The fraction of sp³-hybridized carbons (Fsp3) is 0.400. The van der Waals surface area contributed by atoms with Crippen molar-refractivity contribution in [1.29, 1.82) is 0 Å². The number of hydrogen-bond acceptors (Lipinski definition) is 4. The summed E-state index contributed by atoms with van der Waals surface area (Å²) in [6.45, 7) is 3.90. The zero-order chi connectivity index (χ0) is 18.5. The first kappa shape index (κ1) is 18.2. The van der Waals surface area contributed by atoms with Crippen LogP contribution in [-0.4, -0.2) is 35.8 Å². The molecule has 2 atom stereocenters. The number of allylic oxidation sites excluding steroid dienone is 2. The Balaban J connectivity index is 1.52. The van der Waals surface area contributed by atoms with Crippen molar-refractivity contribution in [2.24, 2.45) is 5.92 Å². The quantitative estimate of drug-likeness (QED) is 0.708. The summed E-state index contributed by atoms with van der Waals surface area (Å²) in [6.07, 6.45) is 8.38. The predicted octanol–water partition coefficient (Wildman–Crippen LogP) is 2.27. The summed E-state index contributed by atoms with van der Waals surface area (Å²) in [5.41, 5.74) is 7.77. The van der Waals surface area contributed by atoms with Gasteiger partial charge in [0.05, 0.1) is 23.3 Å². The Labute approximate surface area is 154 Å². The van der Waals surface area contributed by atoms with Gasteiger partial charge in [-0.1, -0.05) is 24.3 Å². The monoisotopic (exact) mass is 354 g/mol. The van der Waals surface area contributed by atoms with Gasteiger partial charge in [0, 0.05) is 5.70 Å².